The Balaban J connectivity index is 1.25. The maximum absolute atomic E-state index is 15.3. The van der Waals surface area contributed by atoms with E-state index in [1.807, 2.05) is 30.3 Å². The largest absolute Gasteiger partial charge is 0.508 e. The van der Waals surface area contributed by atoms with E-state index < -0.39 is 98.2 Å². The third-order valence-corrected chi connectivity index (χ3v) is 12.4. The molecule has 3 fully saturated rings. The number of carbonyl (C=O) groups excluding carboxylic acids is 4. The Morgan fingerprint density at radius 3 is 2.02 bits per heavy atom. The van der Waals surface area contributed by atoms with Crippen LogP contribution in [0, 0.1) is 46.8 Å². The van der Waals surface area contributed by atoms with Crippen LogP contribution in [0.1, 0.15) is 24.3 Å². The number of benzene rings is 4. The number of nitrogens with zero attached hydrogens (tertiary/aromatic N) is 2. The van der Waals surface area contributed by atoms with E-state index in [1.54, 1.807) is 30.3 Å². The minimum atomic E-state index is -2.74. The Labute approximate surface area is 318 Å². The van der Waals surface area contributed by atoms with Crippen molar-refractivity contribution < 1.29 is 51.0 Å². The van der Waals surface area contributed by atoms with Gasteiger partial charge in [0.1, 0.15) is 17.2 Å². The third kappa shape index (κ3) is 5.03. The van der Waals surface area contributed by atoms with Crippen molar-refractivity contribution >= 4 is 69.6 Å². The van der Waals surface area contributed by atoms with Crippen molar-refractivity contribution in [1.29, 1.82) is 0 Å². The zero-order chi connectivity index (χ0) is 39.3. The molecule has 0 spiro atoms. The molecule has 16 heteroatoms. The Bertz CT molecular complexity index is 2350. The summed E-state index contributed by atoms with van der Waals surface area (Å²) in [5.41, 5.74) is 0.102. The fourth-order valence-corrected chi connectivity index (χ4v) is 9.41. The molecule has 1 saturated carbocycles. The number of nitrogens with one attached hydrogen (secondary N) is 1. The quantitative estimate of drug-likeness (QED) is 0.0516. The van der Waals surface area contributed by atoms with Crippen LogP contribution < -0.4 is 19.9 Å². The number of alkyl halides is 2. The Morgan fingerprint density at radius 1 is 0.764 bits per heavy atom. The van der Waals surface area contributed by atoms with Crippen molar-refractivity contribution in [3.63, 3.8) is 0 Å². The molecule has 282 valence electrons. The van der Waals surface area contributed by atoms with Gasteiger partial charge in [-0.15, -0.1) is 23.2 Å². The number of rotatable bonds is 6. The van der Waals surface area contributed by atoms with E-state index in [0.717, 1.165) is 16.7 Å². The number of phenolic OH excluding ortho intramolecular Hbond substituents is 1. The van der Waals surface area contributed by atoms with Crippen molar-refractivity contribution in [2.24, 2.45) is 17.8 Å². The molecule has 9 nitrogen and oxygen atoms in total. The summed E-state index contributed by atoms with van der Waals surface area (Å²) >= 11 is 14.4. The van der Waals surface area contributed by atoms with Crippen LogP contribution >= 0.6 is 23.2 Å². The van der Waals surface area contributed by atoms with Crippen LogP contribution in [0.5, 0.6) is 11.5 Å². The van der Waals surface area contributed by atoms with Gasteiger partial charge >= 0.3 is 0 Å². The Morgan fingerprint density at radius 2 is 1.38 bits per heavy atom. The van der Waals surface area contributed by atoms with Gasteiger partial charge in [-0.2, -0.15) is 0 Å². The number of anilines is 4. The van der Waals surface area contributed by atoms with E-state index >= 15 is 8.78 Å². The SMILES string of the molecule is COc1cc(O)ccc1C1C2=CCC3C(=O)N(c4ccc(Nc5ccccc5)cc4)C(=O)C3C2CC2(Cl)C(=O)N(c3c(F)c(F)c(F)c(F)c3F)C(=O)C12Cl. The van der Waals surface area contributed by atoms with Crippen molar-refractivity contribution in [3.8, 4) is 11.5 Å². The monoisotopic (exact) mass is 797 g/mol. The van der Waals surface area contributed by atoms with Crippen LogP contribution in [-0.4, -0.2) is 45.6 Å². The highest BCUT2D eigenvalue weighted by atomic mass is 35.5. The van der Waals surface area contributed by atoms with Crippen LogP contribution in [0.3, 0.4) is 0 Å². The zero-order valence-electron chi connectivity index (χ0n) is 28.3. The lowest BCUT2D eigenvalue weighted by molar-refractivity contribution is -0.125. The van der Waals surface area contributed by atoms with Crippen molar-refractivity contribution in [2.75, 3.05) is 22.2 Å². The predicted molar refractivity (Wildman–Crippen MR) is 190 cm³/mol. The normalized spacial score (nSPS) is 27.2. The standard InChI is InChI=1S/C39H26Cl2F5N3O6/c1-55-25-15-20(50)11-12-22(25)27-21-13-14-23-26(35(52)48(34(23)51)19-9-7-18(8-10-19)47-17-5-3-2-4-6-17)24(21)16-38(40)36(53)49(37(54)39(27,38)41)33-31(45)29(43)28(42)30(44)32(33)46/h2-13,15,23-24,26-27,47,50H,14,16H2,1H3. The van der Waals surface area contributed by atoms with Crippen LogP contribution in [0.15, 0.2) is 84.4 Å². The molecule has 8 rings (SSSR count). The number of carbonyl (C=O) groups is 4. The summed E-state index contributed by atoms with van der Waals surface area (Å²) in [6.45, 7) is 0. The molecule has 2 aliphatic heterocycles. The first-order chi connectivity index (χ1) is 26.1. The molecule has 2 N–H and O–H groups in total. The first kappa shape index (κ1) is 36.5. The molecule has 6 unspecified atom stereocenters. The highest BCUT2D eigenvalue weighted by Crippen LogP contribution is 2.67. The highest BCUT2D eigenvalue weighted by molar-refractivity contribution is 6.58. The van der Waals surface area contributed by atoms with E-state index in [2.05, 4.69) is 5.32 Å². The van der Waals surface area contributed by atoms with Gasteiger partial charge in [0.05, 0.1) is 24.6 Å². The molecular weight excluding hydrogens is 772 g/mol. The Kier molecular flexibility index (Phi) is 8.50. The average molecular weight is 799 g/mol. The lowest BCUT2D eigenvalue weighted by Gasteiger charge is -2.50. The van der Waals surface area contributed by atoms with Crippen molar-refractivity contribution in [2.45, 2.75) is 28.5 Å². The number of imide groups is 2. The number of aromatic hydroxyl groups is 1. The van der Waals surface area contributed by atoms with Gasteiger partial charge in [0.25, 0.3) is 11.8 Å². The predicted octanol–water partition coefficient (Wildman–Crippen LogP) is 7.61. The first-order valence-corrected chi connectivity index (χ1v) is 17.6. The number of hydrogen-bond acceptors (Lipinski definition) is 7. The maximum Gasteiger partial charge on any atom is 0.258 e. The number of methoxy groups -OCH3 is 1. The molecule has 4 aromatic rings. The summed E-state index contributed by atoms with van der Waals surface area (Å²) in [7, 11) is 1.22. The topological polar surface area (TPSA) is 116 Å². The van der Waals surface area contributed by atoms with Crippen molar-refractivity contribution in [1.82, 2.24) is 0 Å². The number of fused-ring (bicyclic) bond motifs is 4. The second kappa shape index (κ2) is 12.8. The van der Waals surface area contributed by atoms with Gasteiger partial charge in [-0.3, -0.25) is 24.1 Å². The molecule has 0 aromatic heterocycles. The first-order valence-electron chi connectivity index (χ1n) is 16.8. The van der Waals surface area contributed by atoms with Gasteiger partial charge < -0.3 is 15.2 Å². The molecule has 6 atom stereocenters. The summed E-state index contributed by atoms with van der Waals surface area (Å²) in [6, 6.07) is 19.4. The molecule has 2 aliphatic carbocycles. The van der Waals surface area contributed by atoms with Crippen LogP contribution in [0.2, 0.25) is 0 Å². The maximum atomic E-state index is 15.3. The summed E-state index contributed by atoms with van der Waals surface area (Å²) in [5.74, 6) is -22.0. The number of hydrogen-bond donors (Lipinski definition) is 2. The summed E-state index contributed by atoms with van der Waals surface area (Å²) in [6.07, 6.45) is 0.864. The summed E-state index contributed by atoms with van der Waals surface area (Å²) < 4.78 is 79.2. The van der Waals surface area contributed by atoms with E-state index in [-0.39, 0.29) is 39.6 Å². The average Bonchev–Trinajstić information content (AvgIpc) is 3.52. The van der Waals surface area contributed by atoms with Gasteiger partial charge in [-0.05, 0) is 61.2 Å². The second-order valence-electron chi connectivity index (χ2n) is 13.7. The number of phenols is 1. The fourth-order valence-electron chi connectivity index (χ4n) is 8.49. The molecule has 2 saturated heterocycles. The number of ether oxygens (including phenoxy) is 1. The van der Waals surface area contributed by atoms with Crippen LogP contribution in [-0.2, 0) is 19.2 Å². The number of halogens is 7. The molecule has 55 heavy (non-hydrogen) atoms. The third-order valence-electron chi connectivity index (χ3n) is 10.9. The smallest absolute Gasteiger partial charge is 0.258 e. The summed E-state index contributed by atoms with van der Waals surface area (Å²) in [5, 5.41) is 13.5. The number of amides is 4. The van der Waals surface area contributed by atoms with E-state index in [0.29, 0.717) is 5.69 Å². The lowest BCUT2D eigenvalue weighted by atomic mass is 9.56. The van der Waals surface area contributed by atoms with Gasteiger partial charge in [-0.1, -0.05) is 35.9 Å². The molecule has 4 aromatic carbocycles. The minimum absolute atomic E-state index is 0.0327. The highest BCUT2D eigenvalue weighted by Gasteiger charge is 2.77. The van der Waals surface area contributed by atoms with E-state index in [1.165, 1.54) is 19.2 Å². The summed E-state index contributed by atoms with van der Waals surface area (Å²) in [4.78, 5) is 52.7. The molecule has 0 radical (unpaired) electrons. The van der Waals surface area contributed by atoms with Crippen LogP contribution in [0.25, 0.3) is 0 Å². The molecule has 2 heterocycles. The van der Waals surface area contributed by atoms with E-state index in [4.69, 9.17) is 27.9 Å². The molecule has 0 bridgehead atoms. The fraction of sp³-hybridized carbons (Fsp3) is 0.231. The number of allylic oxidation sites excluding steroid dienone is 2. The number of para-hydroxylation sites is 1. The van der Waals surface area contributed by atoms with Gasteiger partial charge in [-0.25, -0.2) is 26.9 Å². The molecular formula is C39H26Cl2F5N3O6. The van der Waals surface area contributed by atoms with E-state index in [9.17, 15) is 37.5 Å². The molecule has 4 aliphatic rings. The van der Waals surface area contributed by atoms with Gasteiger partial charge in [0.2, 0.25) is 17.6 Å². The lowest BCUT2D eigenvalue weighted by Crippen LogP contribution is -2.60. The molecule has 4 amide bonds. The van der Waals surface area contributed by atoms with Gasteiger partial charge in [0, 0.05) is 28.9 Å². The Hall–Kier alpha value is -5.47. The zero-order valence-corrected chi connectivity index (χ0v) is 29.8. The van der Waals surface area contributed by atoms with Crippen molar-refractivity contribution in [3.05, 3.63) is 119 Å². The minimum Gasteiger partial charge on any atom is -0.508 e. The van der Waals surface area contributed by atoms with Crippen LogP contribution in [0.4, 0.5) is 44.7 Å². The van der Waals surface area contributed by atoms with Gasteiger partial charge in [0.15, 0.2) is 33.0 Å². The second-order valence-corrected chi connectivity index (χ2v) is 14.9.